The molecule has 0 saturated carbocycles. The molecule has 5 nitrogen and oxygen atoms in total. The molecule has 1 heterocycles. The highest BCUT2D eigenvalue weighted by Gasteiger charge is 2.13. The third-order valence-corrected chi connectivity index (χ3v) is 3.45. The Morgan fingerprint density at radius 3 is 2.85 bits per heavy atom. The minimum absolute atomic E-state index is 0.0891. The average molecular weight is 296 g/mol. The van der Waals surface area contributed by atoms with Crippen LogP contribution in [0.5, 0.6) is 5.75 Å². The highest BCUT2D eigenvalue weighted by molar-refractivity contribution is 6.32. The Labute approximate surface area is 123 Å². The van der Waals surface area contributed by atoms with E-state index in [1.165, 1.54) is 0 Å². The van der Waals surface area contributed by atoms with Gasteiger partial charge in [0.2, 0.25) is 0 Å². The predicted octanol–water partition coefficient (Wildman–Crippen LogP) is 2.89. The van der Waals surface area contributed by atoms with Crippen LogP contribution in [0.1, 0.15) is 30.3 Å². The van der Waals surface area contributed by atoms with Crippen molar-refractivity contribution >= 4 is 11.6 Å². The van der Waals surface area contributed by atoms with E-state index in [1.54, 1.807) is 6.07 Å². The summed E-state index contributed by atoms with van der Waals surface area (Å²) in [6.45, 7) is 4.14. The van der Waals surface area contributed by atoms with Crippen LogP contribution in [0.2, 0.25) is 5.02 Å². The zero-order valence-electron chi connectivity index (χ0n) is 11.6. The summed E-state index contributed by atoms with van der Waals surface area (Å²) in [5, 5.41) is 8.07. The van der Waals surface area contributed by atoms with Gasteiger partial charge in [-0.2, -0.15) is 0 Å². The third-order valence-electron chi connectivity index (χ3n) is 3.15. The molecule has 0 aliphatic rings. The first-order valence-electron chi connectivity index (χ1n) is 6.55. The van der Waals surface area contributed by atoms with E-state index in [0.717, 1.165) is 18.4 Å². The topological polar surface area (TPSA) is 74.2 Å². The van der Waals surface area contributed by atoms with E-state index in [-0.39, 0.29) is 12.6 Å². The fourth-order valence-electron chi connectivity index (χ4n) is 1.82. The SMILES string of the molecule is CCC(N)Cc1cccc(Cl)c1OCc1nonc1C. The fraction of sp³-hybridized carbons (Fsp3) is 0.429. The largest absolute Gasteiger partial charge is 0.485 e. The number of halogens is 1. The maximum atomic E-state index is 6.21. The van der Waals surface area contributed by atoms with Crippen molar-refractivity contribution in [3.63, 3.8) is 0 Å². The molecule has 1 aromatic carbocycles. The van der Waals surface area contributed by atoms with Gasteiger partial charge in [0.1, 0.15) is 23.7 Å². The van der Waals surface area contributed by atoms with Crippen LogP contribution in [-0.4, -0.2) is 16.4 Å². The highest BCUT2D eigenvalue weighted by Crippen LogP contribution is 2.30. The Morgan fingerprint density at radius 2 is 2.20 bits per heavy atom. The van der Waals surface area contributed by atoms with Gasteiger partial charge in [0.15, 0.2) is 0 Å². The van der Waals surface area contributed by atoms with Gasteiger partial charge in [-0.05, 0) is 31.4 Å². The molecule has 108 valence electrons. The molecule has 2 aromatic rings. The molecule has 2 N–H and O–H groups in total. The molecule has 0 spiro atoms. The summed E-state index contributed by atoms with van der Waals surface area (Å²) in [5.41, 5.74) is 8.38. The lowest BCUT2D eigenvalue weighted by Crippen LogP contribution is -2.21. The van der Waals surface area contributed by atoms with Crippen molar-refractivity contribution in [1.82, 2.24) is 10.3 Å². The Balaban J connectivity index is 2.15. The zero-order valence-corrected chi connectivity index (χ0v) is 12.4. The number of benzene rings is 1. The lowest BCUT2D eigenvalue weighted by atomic mass is 10.0. The van der Waals surface area contributed by atoms with Gasteiger partial charge < -0.3 is 10.5 Å². The quantitative estimate of drug-likeness (QED) is 0.887. The maximum Gasteiger partial charge on any atom is 0.145 e. The molecule has 1 aromatic heterocycles. The van der Waals surface area contributed by atoms with Crippen LogP contribution < -0.4 is 10.5 Å². The van der Waals surface area contributed by atoms with Crippen molar-refractivity contribution in [2.45, 2.75) is 39.3 Å². The van der Waals surface area contributed by atoms with Gasteiger partial charge in [-0.3, -0.25) is 0 Å². The summed E-state index contributed by atoms with van der Waals surface area (Å²) < 4.78 is 10.4. The van der Waals surface area contributed by atoms with Gasteiger partial charge in [0, 0.05) is 6.04 Å². The van der Waals surface area contributed by atoms with Crippen molar-refractivity contribution in [2.75, 3.05) is 0 Å². The van der Waals surface area contributed by atoms with E-state index in [4.69, 9.17) is 22.1 Å². The summed E-state index contributed by atoms with van der Waals surface area (Å²) in [6.07, 6.45) is 1.63. The summed E-state index contributed by atoms with van der Waals surface area (Å²) in [4.78, 5) is 0. The van der Waals surface area contributed by atoms with Crippen LogP contribution >= 0.6 is 11.6 Å². The smallest absolute Gasteiger partial charge is 0.145 e. The molecule has 20 heavy (non-hydrogen) atoms. The Kier molecular flexibility index (Phi) is 4.98. The molecular formula is C14H18ClN3O2. The molecule has 0 aliphatic heterocycles. The molecule has 0 bridgehead atoms. The highest BCUT2D eigenvalue weighted by atomic mass is 35.5. The number of hydrogen-bond donors (Lipinski definition) is 1. The summed E-state index contributed by atoms with van der Waals surface area (Å²) >= 11 is 6.21. The summed E-state index contributed by atoms with van der Waals surface area (Å²) in [6, 6.07) is 5.76. The molecule has 0 fully saturated rings. The lowest BCUT2D eigenvalue weighted by molar-refractivity contribution is 0.268. The average Bonchev–Trinajstić information content (AvgIpc) is 2.83. The van der Waals surface area contributed by atoms with Crippen molar-refractivity contribution in [2.24, 2.45) is 5.73 Å². The monoisotopic (exact) mass is 295 g/mol. The van der Waals surface area contributed by atoms with E-state index in [2.05, 4.69) is 21.9 Å². The summed E-state index contributed by atoms with van der Waals surface area (Å²) in [5.74, 6) is 0.653. The van der Waals surface area contributed by atoms with Crippen molar-refractivity contribution < 1.29 is 9.37 Å². The number of hydrogen-bond acceptors (Lipinski definition) is 5. The van der Waals surface area contributed by atoms with Gasteiger partial charge in [-0.1, -0.05) is 41.0 Å². The van der Waals surface area contributed by atoms with Gasteiger partial charge >= 0.3 is 0 Å². The van der Waals surface area contributed by atoms with E-state index in [9.17, 15) is 0 Å². The first kappa shape index (κ1) is 14.8. The minimum atomic E-state index is 0.0891. The van der Waals surface area contributed by atoms with Crippen LogP contribution in [-0.2, 0) is 13.0 Å². The molecule has 6 heteroatoms. The Hall–Kier alpha value is -1.59. The molecule has 0 radical (unpaired) electrons. The summed E-state index contributed by atoms with van der Waals surface area (Å²) in [7, 11) is 0. The number of aromatic nitrogens is 2. The lowest BCUT2D eigenvalue weighted by Gasteiger charge is -2.15. The van der Waals surface area contributed by atoms with Gasteiger partial charge in [-0.25, -0.2) is 4.63 Å². The number of nitrogens with two attached hydrogens (primary N) is 1. The first-order chi connectivity index (χ1) is 9.61. The molecule has 2 rings (SSSR count). The van der Waals surface area contributed by atoms with Gasteiger partial charge in [0.05, 0.1) is 5.02 Å². The van der Waals surface area contributed by atoms with Crippen molar-refractivity contribution in [3.05, 3.63) is 40.2 Å². The van der Waals surface area contributed by atoms with Crippen LogP contribution in [0.25, 0.3) is 0 Å². The first-order valence-corrected chi connectivity index (χ1v) is 6.93. The number of para-hydroxylation sites is 1. The molecule has 1 atom stereocenters. The second-order valence-corrected chi connectivity index (χ2v) is 5.09. The maximum absolute atomic E-state index is 6.21. The molecule has 0 aliphatic carbocycles. The predicted molar refractivity (Wildman–Crippen MR) is 76.8 cm³/mol. The van der Waals surface area contributed by atoms with Crippen LogP contribution in [0.3, 0.4) is 0 Å². The van der Waals surface area contributed by atoms with Crippen molar-refractivity contribution in [1.29, 1.82) is 0 Å². The second kappa shape index (κ2) is 6.72. The van der Waals surface area contributed by atoms with Crippen molar-refractivity contribution in [3.8, 4) is 5.75 Å². The second-order valence-electron chi connectivity index (χ2n) is 4.69. The third kappa shape index (κ3) is 3.49. The minimum Gasteiger partial charge on any atom is -0.485 e. The Morgan fingerprint density at radius 1 is 1.40 bits per heavy atom. The Bertz CT molecular complexity index is 571. The van der Waals surface area contributed by atoms with Gasteiger partial charge in [0.25, 0.3) is 0 Å². The standard InChI is InChI=1S/C14H18ClN3O2/c1-3-11(16)7-10-5-4-6-12(15)14(10)19-8-13-9(2)17-20-18-13/h4-6,11H,3,7-8,16H2,1-2H3. The van der Waals surface area contributed by atoms with E-state index >= 15 is 0 Å². The fourth-order valence-corrected chi connectivity index (χ4v) is 2.07. The number of ether oxygens (including phenoxy) is 1. The number of nitrogens with zero attached hydrogens (tertiary/aromatic N) is 2. The molecule has 0 saturated heterocycles. The molecule has 0 amide bonds. The van der Waals surface area contributed by atoms with Crippen LogP contribution in [0.15, 0.2) is 22.8 Å². The zero-order chi connectivity index (χ0) is 14.5. The molecular weight excluding hydrogens is 278 g/mol. The molecule has 1 unspecified atom stereocenters. The van der Waals surface area contributed by atoms with Crippen LogP contribution in [0, 0.1) is 6.92 Å². The van der Waals surface area contributed by atoms with E-state index in [0.29, 0.717) is 22.2 Å². The normalized spacial score (nSPS) is 12.4. The van der Waals surface area contributed by atoms with Crippen LogP contribution in [0.4, 0.5) is 0 Å². The van der Waals surface area contributed by atoms with E-state index in [1.807, 2.05) is 19.1 Å². The van der Waals surface area contributed by atoms with E-state index < -0.39 is 0 Å². The number of rotatable bonds is 6. The van der Waals surface area contributed by atoms with Gasteiger partial charge in [-0.15, -0.1) is 0 Å². The number of aryl methyl sites for hydroxylation is 1.